The molecular weight excluding hydrogens is 276 g/mol. The predicted molar refractivity (Wildman–Crippen MR) is 76.5 cm³/mol. The maximum atomic E-state index is 11.8. The number of esters is 1. The molecule has 0 saturated carbocycles. The highest BCUT2D eigenvalue weighted by molar-refractivity contribution is 7.12. The Labute approximate surface area is 121 Å². The third-order valence-corrected chi connectivity index (χ3v) is 3.42. The molecular formula is C15H14O4S. The summed E-state index contributed by atoms with van der Waals surface area (Å²) < 4.78 is 10.3. The average molecular weight is 290 g/mol. The van der Waals surface area contributed by atoms with Gasteiger partial charge < -0.3 is 9.47 Å². The Morgan fingerprint density at radius 3 is 2.75 bits per heavy atom. The van der Waals surface area contributed by atoms with Crippen LogP contribution in [-0.4, -0.2) is 25.0 Å². The number of ether oxygens (including phenoxy) is 2. The van der Waals surface area contributed by atoms with E-state index in [1.165, 1.54) is 11.3 Å². The monoisotopic (exact) mass is 290 g/mol. The van der Waals surface area contributed by atoms with E-state index >= 15 is 0 Å². The van der Waals surface area contributed by atoms with Gasteiger partial charge in [0, 0.05) is 0 Å². The van der Waals surface area contributed by atoms with Crippen molar-refractivity contribution in [2.75, 3.05) is 13.2 Å². The minimum Gasteiger partial charge on any atom is -0.485 e. The average Bonchev–Trinajstić information content (AvgIpc) is 2.99. The Bertz CT molecular complexity index is 590. The van der Waals surface area contributed by atoms with Gasteiger partial charge in [0.1, 0.15) is 5.75 Å². The van der Waals surface area contributed by atoms with Crippen LogP contribution in [0.15, 0.2) is 41.8 Å². The Kier molecular flexibility index (Phi) is 4.90. The van der Waals surface area contributed by atoms with Crippen LogP contribution >= 0.6 is 11.3 Å². The molecule has 1 aromatic heterocycles. The molecule has 0 radical (unpaired) electrons. The highest BCUT2D eigenvalue weighted by Crippen LogP contribution is 2.16. The van der Waals surface area contributed by atoms with Gasteiger partial charge >= 0.3 is 5.97 Å². The van der Waals surface area contributed by atoms with E-state index in [0.717, 1.165) is 0 Å². The van der Waals surface area contributed by atoms with Gasteiger partial charge in [0.05, 0.1) is 17.0 Å². The number of Topliss-reactive ketones (excluding diaryl/α,β-unsaturated/α-hetero) is 1. The molecule has 0 aliphatic heterocycles. The van der Waals surface area contributed by atoms with Crippen LogP contribution in [0.3, 0.4) is 0 Å². The number of rotatable bonds is 6. The zero-order valence-electron chi connectivity index (χ0n) is 11.0. The summed E-state index contributed by atoms with van der Waals surface area (Å²) >= 11 is 1.38. The summed E-state index contributed by atoms with van der Waals surface area (Å²) in [5.41, 5.74) is 0.410. The van der Waals surface area contributed by atoms with Gasteiger partial charge in [-0.05, 0) is 36.6 Å². The van der Waals surface area contributed by atoms with E-state index in [1.807, 2.05) is 11.4 Å². The van der Waals surface area contributed by atoms with Crippen molar-refractivity contribution >= 4 is 23.1 Å². The molecule has 2 rings (SSSR count). The minimum atomic E-state index is -0.400. The predicted octanol–water partition coefficient (Wildman–Crippen LogP) is 3.19. The van der Waals surface area contributed by atoms with Crippen LogP contribution in [-0.2, 0) is 4.74 Å². The van der Waals surface area contributed by atoms with Crippen molar-refractivity contribution in [3.05, 3.63) is 52.2 Å². The first-order valence-electron chi connectivity index (χ1n) is 6.17. The Hall–Kier alpha value is -2.14. The van der Waals surface area contributed by atoms with Gasteiger partial charge in [-0.1, -0.05) is 12.1 Å². The largest absolute Gasteiger partial charge is 0.485 e. The molecule has 1 aromatic carbocycles. The molecule has 0 spiro atoms. The summed E-state index contributed by atoms with van der Waals surface area (Å²) in [6, 6.07) is 10.2. The first kappa shape index (κ1) is 14.3. The van der Waals surface area contributed by atoms with E-state index < -0.39 is 5.97 Å². The SMILES string of the molecule is CCOC(=O)c1cccc(OCC(=O)c2cccs2)c1. The van der Waals surface area contributed by atoms with Gasteiger partial charge in [0.15, 0.2) is 6.61 Å². The summed E-state index contributed by atoms with van der Waals surface area (Å²) in [5, 5.41) is 1.84. The molecule has 5 heteroatoms. The standard InChI is InChI=1S/C15H14O4S/c1-2-18-15(17)11-5-3-6-12(9-11)19-10-13(16)14-7-4-8-20-14/h3-9H,2,10H2,1H3. The molecule has 4 nitrogen and oxygen atoms in total. The maximum absolute atomic E-state index is 11.8. The highest BCUT2D eigenvalue weighted by Gasteiger charge is 2.10. The van der Waals surface area contributed by atoms with Crippen LogP contribution < -0.4 is 4.74 Å². The van der Waals surface area contributed by atoms with Crippen molar-refractivity contribution in [2.45, 2.75) is 6.92 Å². The number of carbonyl (C=O) groups excluding carboxylic acids is 2. The fourth-order valence-electron chi connectivity index (χ4n) is 1.58. The van der Waals surface area contributed by atoms with Gasteiger partial charge in [0.2, 0.25) is 5.78 Å². The van der Waals surface area contributed by atoms with Crippen LogP contribution in [0.2, 0.25) is 0 Å². The fourth-order valence-corrected chi connectivity index (χ4v) is 2.24. The van der Waals surface area contributed by atoms with E-state index in [9.17, 15) is 9.59 Å². The smallest absolute Gasteiger partial charge is 0.338 e. The van der Waals surface area contributed by atoms with Gasteiger partial charge in [-0.25, -0.2) is 4.79 Å². The van der Waals surface area contributed by atoms with E-state index in [1.54, 1.807) is 37.3 Å². The van der Waals surface area contributed by atoms with Crippen molar-refractivity contribution in [1.29, 1.82) is 0 Å². The topological polar surface area (TPSA) is 52.6 Å². The molecule has 20 heavy (non-hydrogen) atoms. The molecule has 0 N–H and O–H groups in total. The summed E-state index contributed by atoms with van der Waals surface area (Å²) in [7, 11) is 0. The lowest BCUT2D eigenvalue weighted by atomic mass is 10.2. The van der Waals surface area contributed by atoms with Gasteiger partial charge in [0.25, 0.3) is 0 Å². The molecule has 0 fully saturated rings. The molecule has 0 atom stereocenters. The zero-order valence-corrected chi connectivity index (χ0v) is 11.8. The normalized spacial score (nSPS) is 10.1. The summed E-state index contributed by atoms with van der Waals surface area (Å²) in [5.74, 6) is -0.00969. The zero-order chi connectivity index (χ0) is 14.4. The van der Waals surface area contributed by atoms with Crippen molar-refractivity contribution in [3.63, 3.8) is 0 Å². The first-order chi connectivity index (χ1) is 9.70. The third kappa shape index (κ3) is 3.68. The Morgan fingerprint density at radius 2 is 2.05 bits per heavy atom. The van der Waals surface area contributed by atoms with Crippen LogP contribution in [0, 0.1) is 0 Å². The van der Waals surface area contributed by atoms with E-state index in [0.29, 0.717) is 22.8 Å². The molecule has 0 unspecified atom stereocenters. The Morgan fingerprint density at radius 1 is 1.20 bits per heavy atom. The van der Waals surface area contributed by atoms with Crippen molar-refractivity contribution in [2.24, 2.45) is 0 Å². The second-order valence-corrected chi connectivity index (χ2v) is 4.89. The molecule has 0 aliphatic carbocycles. The van der Waals surface area contributed by atoms with Crippen molar-refractivity contribution in [3.8, 4) is 5.75 Å². The number of hydrogen-bond donors (Lipinski definition) is 0. The molecule has 0 saturated heterocycles. The van der Waals surface area contributed by atoms with E-state index in [4.69, 9.17) is 9.47 Å². The van der Waals surface area contributed by atoms with Gasteiger partial charge in [-0.2, -0.15) is 0 Å². The highest BCUT2D eigenvalue weighted by atomic mass is 32.1. The van der Waals surface area contributed by atoms with Crippen LogP contribution in [0.5, 0.6) is 5.75 Å². The van der Waals surface area contributed by atoms with Gasteiger partial charge in [-0.15, -0.1) is 11.3 Å². The van der Waals surface area contributed by atoms with Crippen LogP contribution in [0.4, 0.5) is 0 Å². The molecule has 0 bridgehead atoms. The lowest BCUT2D eigenvalue weighted by Crippen LogP contribution is -2.11. The number of benzene rings is 1. The molecule has 2 aromatic rings. The molecule has 0 aliphatic rings. The number of hydrogen-bond acceptors (Lipinski definition) is 5. The fraction of sp³-hybridized carbons (Fsp3) is 0.200. The second kappa shape index (κ2) is 6.86. The Balaban J connectivity index is 1.98. The number of thiophene rings is 1. The molecule has 1 heterocycles. The third-order valence-electron chi connectivity index (χ3n) is 2.51. The number of ketones is 1. The first-order valence-corrected chi connectivity index (χ1v) is 7.05. The van der Waals surface area contributed by atoms with E-state index in [-0.39, 0.29) is 12.4 Å². The quantitative estimate of drug-likeness (QED) is 0.605. The van der Waals surface area contributed by atoms with Gasteiger partial charge in [-0.3, -0.25) is 4.79 Å². The van der Waals surface area contributed by atoms with Crippen molar-refractivity contribution in [1.82, 2.24) is 0 Å². The van der Waals surface area contributed by atoms with E-state index in [2.05, 4.69) is 0 Å². The van der Waals surface area contributed by atoms with Crippen molar-refractivity contribution < 1.29 is 19.1 Å². The lowest BCUT2D eigenvalue weighted by molar-refractivity contribution is 0.0526. The second-order valence-electron chi connectivity index (χ2n) is 3.94. The minimum absolute atomic E-state index is 0.0488. The summed E-state index contributed by atoms with van der Waals surface area (Å²) in [4.78, 5) is 24.0. The molecule has 0 amide bonds. The molecule has 104 valence electrons. The summed E-state index contributed by atoms with van der Waals surface area (Å²) in [6.45, 7) is 2.02. The van der Waals surface area contributed by atoms with Crippen LogP contribution in [0.25, 0.3) is 0 Å². The lowest BCUT2D eigenvalue weighted by Gasteiger charge is -2.06. The maximum Gasteiger partial charge on any atom is 0.338 e. The summed E-state index contributed by atoms with van der Waals surface area (Å²) in [6.07, 6.45) is 0. The van der Waals surface area contributed by atoms with Crippen LogP contribution in [0.1, 0.15) is 27.0 Å². The number of carbonyl (C=O) groups is 2.